The zero-order chi connectivity index (χ0) is 29.2. The minimum Gasteiger partial charge on any atom is -0.453 e. The molecule has 39 heavy (non-hydrogen) atoms. The molecule has 15 nitrogen and oxygen atoms in total. The van der Waals surface area contributed by atoms with Crippen LogP contribution in [-0.4, -0.2) is 111 Å². The smallest absolute Gasteiger partial charge is 0.407 e. The molecule has 1 fully saturated rings. The molecule has 1 heterocycles. The lowest BCUT2D eigenvalue weighted by Crippen LogP contribution is -2.47. The molecule has 0 aliphatic carbocycles. The van der Waals surface area contributed by atoms with Crippen molar-refractivity contribution in [2.24, 2.45) is 0 Å². The number of imide groups is 1. The Hall–Kier alpha value is -3.56. The normalized spacial score (nSPS) is 15.3. The summed E-state index contributed by atoms with van der Waals surface area (Å²) in [6.07, 6.45) is 1.87. The van der Waals surface area contributed by atoms with Gasteiger partial charge in [-0.15, -0.1) is 0 Å². The number of hydrogen-bond acceptors (Lipinski definition) is 10. The second kappa shape index (κ2) is 18.7. The Labute approximate surface area is 231 Å². The van der Waals surface area contributed by atoms with Gasteiger partial charge in [0.1, 0.15) is 6.04 Å². The average Bonchev–Trinajstić information content (AvgIpc) is 3.20. The van der Waals surface area contributed by atoms with Crippen molar-refractivity contribution in [2.45, 2.75) is 49.8 Å². The van der Waals surface area contributed by atoms with Gasteiger partial charge < -0.3 is 36.1 Å². The van der Waals surface area contributed by atoms with Gasteiger partial charge in [0.05, 0.1) is 19.5 Å². The standard InChI is InChI=1S/C23H38N6O9S/c1-37-22(35)27-9-5-4-6-15(28-23(36)38-2)20(33)26-10-7-17(30)24-11-12-25-18(31)8-13-29-19(32)14-16(39-3)21(29)34/h15-16H,4-14H2,1-3H3,(H,24,30)(H,25,31)(H,26,33)(H,27,35)(H,28,36). The van der Waals surface area contributed by atoms with Crippen molar-refractivity contribution in [1.29, 1.82) is 0 Å². The molecule has 0 aromatic rings. The van der Waals surface area contributed by atoms with E-state index in [9.17, 15) is 33.6 Å². The van der Waals surface area contributed by atoms with E-state index in [4.69, 9.17) is 0 Å². The van der Waals surface area contributed by atoms with Crippen LogP contribution in [0.1, 0.15) is 38.5 Å². The number of hydrogen-bond donors (Lipinski definition) is 5. The first-order valence-corrected chi connectivity index (χ1v) is 13.8. The highest BCUT2D eigenvalue weighted by Gasteiger charge is 2.37. The molecule has 16 heteroatoms. The highest BCUT2D eigenvalue weighted by molar-refractivity contribution is 8.00. The van der Waals surface area contributed by atoms with Crippen LogP contribution in [0, 0.1) is 0 Å². The first-order chi connectivity index (χ1) is 18.6. The Morgan fingerprint density at radius 2 is 1.51 bits per heavy atom. The average molecular weight is 575 g/mol. The second-order valence-corrected chi connectivity index (χ2v) is 9.45. The number of ether oxygens (including phenoxy) is 2. The van der Waals surface area contributed by atoms with Gasteiger partial charge in [0, 0.05) is 52.0 Å². The lowest BCUT2D eigenvalue weighted by atomic mass is 10.1. The zero-order valence-corrected chi connectivity index (χ0v) is 23.3. The lowest BCUT2D eigenvalue weighted by molar-refractivity contribution is -0.138. The van der Waals surface area contributed by atoms with Crippen LogP contribution < -0.4 is 26.6 Å². The molecular formula is C23H38N6O9S. The van der Waals surface area contributed by atoms with Gasteiger partial charge >= 0.3 is 12.2 Å². The van der Waals surface area contributed by atoms with Gasteiger partial charge in [0.2, 0.25) is 29.5 Å². The van der Waals surface area contributed by atoms with Crippen LogP contribution >= 0.6 is 11.8 Å². The van der Waals surface area contributed by atoms with Crippen molar-refractivity contribution in [3.8, 4) is 0 Å². The van der Waals surface area contributed by atoms with Gasteiger partial charge in [-0.25, -0.2) is 9.59 Å². The summed E-state index contributed by atoms with van der Waals surface area (Å²) in [5.41, 5.74) is 0. The molecular weight excluding hydrogens is 536 g/mol. The third-order valence-electron chi connectivity index (χ3n) is 5.64. The second-order valence-electron chi connectivity index (χ2n) is 8.41. The van der Waals surface area contributed by atoms with E-state index in [1.54, 1.807) is 6.26 Å². The molecule has 5 N–H and O–H groups in total. The van der Waals surface area contributed by atoms with Crippen molar-refractivity contribution in [1.82, 2.24) is 31.5 Å². The SMILES string of the molecule is COC(=O)NCCCCC(NC(=O)OC)C(=O)NCCC(=O)NCCNC(=O)CCN1C(=O)CC(SC)C1=O. The Bertz CT molecular complexity index is 888. The van der Waals surface area contributed by atoms with Gasteiger partial charge in [-0.1, -0.05) is 0 Å². The minimum atomic E-state index is -0.883. The number of thioether (sulfide) groups is 1. The molecule has 1 saturated heterocycles. The monoisotopic (exact) mass is 574 g/mol. The number of unbranched alkanes of at least 4 members (excludes halogenated alkanes) is 1. The van der Waals surface area contributed by atoms with E-state index in [-0.39, 0.29) is 75.5 Å². The Kier molecular flexibility index (Phi) is 16.0. The van der Waals surface area contributed by atoms with E-state index in [1.165, 1.54) is 26.0 Å². The van der Waals surface area contributed by atoms with Crippen LogP contribution in [0.5, 0.6) is 0 Å². The number of methoxy groups -OCH3 is 2. The number of alkyl carbamates (subject to hydrolysis) is 2. The topological polar surface area (TPSA) is 201 Å². The number of amides is 7. The van der Waals surface area contributed by atoms with Crippen LogP contribution in [0.3, 0.4) is 0 Å². The molecule has 2 atom stereocenters. The summed E-state index contributed by atoms with van der Waals surface area (Å²) in [5, 5.41) is 12.4. The van der Waals surface area contributed by atoms with Crippen molar-refractivity contribution >= 4 is 53.5 Å². The van der Waals surface area contributed by atoms with Gasteiger partial charge in [0.15, 0.2) is 0 Å². The molecule has 0 radical (unpaired) electrons. The third kappa shape index (κ3) is 13.2. The fourth-order valence-electron chi connectivity index (χ4n) is 3.49. The Balaban J connectivity index is 2.24. The van der Waals surface area contributed by atoms with E-state index in [2.05, 4.69) is 36.1 Å². The lowest BCUT2D eigenvalue weighted by Gasteiger charge is -2.17. The number of carbonyl (C=O) groups is 7. The van der Waals surface area contributed by atoms with Gasteiger partial charge in [-0.3, -0.25) is 28.9 Å². The van der Waals surface area contributed by atoms with Crippen molar-refractivity contribution in [3.05, 3.63) is 0 Å². The number of carbonyl (C=O) groups excluding carboxylic acids is 7. The first-order valence-electron chi connectivity index (χ1n) is 12.5. The number of nitrogens with one attached hydrogen (secondary N) is 5. The number of likely N-dealkylation sites (tertiary alicyclic amines) is 1. The van der Waals surface area contributed by atoms with Gasteiger partial charge in [-0.05, 0) is 25.5 Å². The summed E-state index contributed by atoms with van der Waals surface area (Å²) in [6.45, 7) is 0.692. The summed E-state index contributed by atoms with van der Waals surface area (Å²) in [7, 11) is 2.43. The van der Waals surface area contributed by atoms with E-state index < -0.39 is 29.4 Å². The molecule has 2 unspecified atom stereocenters. The molecule has 0 bridgehead atoms. The molecule has 0 aromatic heterocycles. The van der Waals surface area contributed by atoms with Crippen LogP contribution in [0.2, 0.25) is 0 Å². The van der Waals surface area contributed by atoms with Crippen molar-refractivity contribution in [3.63, 3.8) is 0 Å². The molecule has 7 amide bonds. The summed E-state index contributed by atoms with van der Waals surface area (Å²) in [4.78, 5) is 84.1. The highest BCUT2D eigenvalue weighted by Crippen LogP contribution is 2.22. The quantitative estimate of drug-likeness (QED) is 0.104. The summed E-state index contributed by atoms with van der Waals surface area (Å²) in [6, 6.07) is -0.883. The molecule has 0 aromatic carbocycles. The first kappa shape index (κ1) is 33.5. The van der Waals surface area contributed by atoms with Crippen LogP contribution in [0.4, 0.5) is 9.59 Å². The Morgan fingerprint density at radius 3 is 2.10 bits per heavy atom. The highest BCUT2D eigenvalue weighted by atomic mass is 32.2. The predicted octanol–water partition coefficient (Wildman–Crippen LogP) is -1.14. The number of rotatable bonds is 17. The molecule has 1 aliphatic heterocycles. The van der Waals surface area contributed by atoms with Crippen molar-refractivity contribution in [2.75, 3.05) is 53.2 Å². The minimum absolute atomic E-state index is 0.0167. The predicted molar refractivity (Wildman–Crippen MR) is 140 cm³/mol. The summed E-state index contributed by atoms with van der Waals surface area (Å²) >= 11 is 1.31. The molecule has 1 aliphatic rings. The van der Waals surface area contributed by atoms with Crippen LogP contribution in [-0.2, 0) is 33.4 Å². The van der Waals surface area contributed by atoms with E-state index >= 15 is 0 Å². The summed E-state index contributed by atoms with van der Waals surface area (Å²) < 4.78 is 9.01. The van der Waals surface area contributed by atoms with Crippen LogP contribution in [0.15, 0.2) is 0 Å². The van der Waals surface area contributed by atoms with E-state index in [0.29, 0.717) is 19.4 Å². The molecule has 0 spiro atoms. The van der Waals surface area contributed by atoms with Gasteiger partial charge in [0.25, 0.3) is 0 Å². The molecule has 1 rings (SSSR count). The van der Waals surface area contributed by atoms with Crippen LogP contribution in [0.25, 0.3) is 0 Å². The van der Waals surface area contributed by atoms with Gasteiger partial charge in [-0.2, -0.15) is 11.8 Å². The molecule has 220 valence electrons. The van der Waals surface area contributed by atoms with Crippen molar-refractivity contribution < 1.29 is 43.0 Å². The summed E-state index contributed by atoms with van der Waals surface area (Å²) in [5.74, 6) is -1.76. The zero-order valence-electron chi connectivity index (χ0n) is 22.5. The maximum Gasteiger partial charge on any atom is 0.407 e. The fraction of sp³-hybridized carbons (Fsp3) is 0.696. The third-order valence-corrected chi connectivity index (χ3v) is 6.58. The van der Waals surface area contributed by atoms with E-state index in [0.717, 1.165) is 4.90 Å². The fourth-order valence-corrected chi connectivity index (χ4v) is 4.13. The van der Waals surface area contributed by atoms with E-state index in [1.807, 2.05) is 0 Å². The Morgan fingerprint density at radius 1 is 0.872 bits per heavy atom. The largest absolute Gasteiger partial charge is 0.453 e. The molecule has 0 saturated carbocycles. The maximum absolute atomic E-state index is 12.5. The number of nitrogens with zero attached hydrogens (tertiary/aromatic N) is 1. The maximum atomic E-state index is 12.5.